The SMILES string of the molecule is O=C(c1cc(Br)c2nc(N3CCO[C@H](COC4CCCCO4)C3)cnc2c1)N1CCC1.S. The van der Waals surface area contributed by atoms with Gasteiger partial charge in [-0.15, -0.1) is 0 Å². The third kappa shape index (κ3) is 5.20. The van der Waals surface area contributed by atoms with Crippen LogP contribution in [0.5, 0.6) is 0 Å². The van der Waals surface area contributed by atoms with E-state index >= 15 is 0 Å². The summed E-state index contributed by atoms with van der Waals surface area (Å²) in [5.74, 6) is 0.856. The van der Waals surface area contributed by atoms with Crippen molar-refractivity contribution in [2.24, 2.45) is 0 Å². The maximum absolute atomic E-state index is 12.6. The number of halogens is 1. The molecule has 0 aliphatic carbocycles. The van der Waals surface area contributed by atoms with E-state index in [1.165, 1.54) is 0 Å². The van der Waals surface area contributed by atoms with E-state index in [1.807, 2.05) is 17.0 Å². The molecule has 1 amide bonds. The predicted octanol–water partition coefficient (Wildman–Crippen LogP) is 3.10. The summed E-state index contributed by atoms with van der Waals surface area (Å²) in [4.78, 5) is 26.0. The first-order chi connectivity index (χ1) is 15.2. The van der Waals surface area contributed by atoms with E-state index in [9.17, 15) is 4.79 Å². The molecule has 2 atom stereocenters. The number of amides is 1. The lowest BCUT2D eigenvalue weighted by Gasteiger charge is -2.34. The molecule has 0 spiro atoms. The number of likely N-dealkylation sites (tertiary alicyclic amines) is 1. The van der Waals surface area contributed by atoms with Crippen molar-refractivity contribution in [3.8, 4) is 0 Å². The van der Waals surface area contributed by atoms with E-state index in [0.29, 0.717) is 30.8 Å². The summed E-state index contributed by atoms with van der Waals surface area (Å²) in [6.07, 6.45) is 5.91. The van der Waals surface area contributed by atoms with Gasteiger partial charge in [-0.05, 0) is 53.7 Å². The van der Waals surface area contributed by atoms with Gasteiger partial charge in [0.05, 0.1) is 31.0 Å². The molecule has 5 rings (SSSR count). The molecule has 2 aromatic rings. The number of ether oxygens (including phenoxy) is 3. The fraction of sp³-hybridized carbons (Fsp3) is 0.591. The highest BCUT2D eigenvalue weighted by Gasteiger charge is 2.26. The molecule has 1 aromatic heterocycles. The molecule has 4 heterocycles. The minimum absolute atomic E-state index is 0. The van der Waals surface area contributed by atoms with Gasteiger partial charge in [-0.3, -0.25) is 9.78 Å². The Hall–Kier alpha value is -1.46. The first-order valence-electron chi connectivity index (χ1n) is 11.0. The summed E-state index contributed by atoms with van der Waals surface area (Å²) in [5, 5.41) is 0. The normalized spacial score (nSPS) is 23.5. The highest BCUT2D eigenvalue weighted by atomic mass is 79.9. The van der Waals surface area contributed by atoms with E-state index in [-0.39, 0.29) is 31.8 Å². The Balaban J connectivity index is 0.00000245. The highest BCUT2D eigenvalue weighted by Crippen LogP contribution is 2.27. The molecule has 32 heavy (non-hydrogen) atoms. The number of rotatable bonds is 5. The van der Waals surface area contributed by atoms with E-state index in [2.05, 4.69) is 25.8 Å². The van der Waals surface area contributed by atoms with Crippen LogP contribution in [0.1, 0.15) is 36.0 Å². The highest BCUT2D eigenvalue weighted by molar-refractivity contribution is 9.10. The quantitative estimate of drug-likeness (QED) is 0.594. The Kier molecular flexibility index (Phi) is 7.88. The van der Waals surface area contributed by atoms with Gasteiger partial charge in [-0.2, -0.15) is 13.5 Å². The Morgan fingerprint density at radius 1 is 1.16 bits per heavy atom. The average Bonchev–Trinajstić information content (AvgIpc) is 2.77. The fourth-order valence-electron chi connectivity index (χ4n) is 4.13. The summed E-state index contributed by atoms with van der Waals surface area (Å²) in [7, 11) is 0. The number of hydrogen-bond acceptors (Lipinski definition) is 7. The molecular weight excluding hydrogens is 496 g/mol. The lowest BCUT2D eigenvalue weighted by Crippen LogP contribution is -2.45. The van der Waals surface area contributed by atoms with Crippen LogP contribution in [0.25, 0.3) is 11.0 Å². The molecule has 3 aliphatic rings. The van der Waals surface area contributed by atoms with Crippen molar-refractivity contribution < 1.29 is 19.0 Å². The molecule has 8 nitrogen and oxygen atoms in total. The van der Waals surface area contributed by atoms with Crippen LogP contribution in [0.3, 0.4) is 0 Å². The van der Waals surface area contributed by atoms with Crippen molar-refractivity contribution in [3.63, 3.8) is 0 Å². The number of fused-ring (bicyclic) bond motifs is 1. The second kappa shape index (κ2) is 10.6. The molecule has 174 valence electrons. The van der Waals surface area contributed by atoms with Gasteiger partial charge in [-0.1, -0.05) is 0 Å². The molecule has 3 saturated heterocycles. The summed E-state index contributed by atoms with van der Waals surface area (Å²) in [5.41, 5.74) is 2.12. The monoisotopic (exact) mass is 524 g/mol. The molecule has 3 fully saturated rings. The maximum Gasteiger partial charge on any atom is 0.253 e. The van der Waals surface area contributed by atoms with Crippen molar-refractivity contribution in [1.29, 1.82) is 0 Å². The zero-order chi connectivity index (χ0) is 21.2. The molecule has 10 heteroatoms. The number of hydrogen-bond donors (Lipinski definition) is 0. The average molecular weight is 525 g/mol. The van der Waals surface area contributed by atoms with Crippen LogP contribution in [0.2, 0.25) is 0 Å². The zero-order valence-corrected chi connectivity index (χ0v) is 20.6. The number of benzene rings is 1. The Morgan fingerprint density at radius 2 is 2.03 bits per heavy atom. The molecule has 0 radical (unpaired) electrons. The number of carbonyl (C=O) groups is 1. The smallest absolute Gasteiger partial charge is 0.253 e. The largest absolute Gasteiger partial charge is 0.372 e. The Morgan fingerprint density at radius 3 is 2.78 bits per heavy atom. The summed E-state index contributed by atoms with van der Waals surface area (Å²) < 4.78 is 18.2. The first-order valence-corrected chi connectivity index (χ1v) is 11.8. The molecule has 0 bridgehead atoms. The van der Waals surface area contributed by atoms with Crippen molar-refractivity contribution >= 4 is 52.2 Å². The minimum Gasteiger partial charge on any atom is -0.372 e. The van der Waals surface area contributed by atoms with Gasteiger partial charge in [0.15, 0.2) is 6.29 Å². The number of carbonyl (C=O) groups excluding carboxylic acids is 1. The second-order valence-electron chi connectivity index (χ2n) is 8.27. The van der Waals surface area contributed by atoms with E-state index in [1.54, 1.807) is 6.20 Å². The lowest BCUT2D eigenvalue weighted by atomic mass is 10.1. The first kappa shape index (κ1) is 23.7. The van der Waals surface area contributed by atoms with Crippen molar-refractivity contribution in [3.05, 3.63) is 28.4 Å². The number of morpholine rings is 1. The van der Waals surface area contributed by atoms with Gasteiger partial charge < -0.3 is 24.0 Å². The van der Waals surface area contributed by atoms with Crippen LogP contribution in [-0.4, -0.2) is 79.2 Å². The second-order valence-corrected chi connectivity index (χ2v) is 9.12. The summed E-state index contributed by atoms with van der Waals surface area (Å²) in [6.45, 7) is 4.99. The van der Waals surface area contributed by atoms with Gasteiger partial charge >= 0.3 is 0 Å². The third-order valence-corrected chi connectivity index (χ3v) is 6.65. The molecule has 1 unspecified atom stereocenters. The van der Waals surface area contributed by atoms with Crippen molar-refractivity contribution in [2.45, 2.75) is 38.1 Å². The molecule has 0 N–H and O–H groups in total. The number of anilines is 1. The zero-order valence-electron chi connectivity index (χ0n) is 18.0. The molecular formula is C22H29BrN4O4S. The Labute approximate surface area is 203 Å². The van der Waals surface area contributed by atoms with Gasteiger partial charge in [-0.25, -0.2) is 4.98 Å². The van der Waals surface area contributed by atoms with E-state index < -0.39 is 0 Å². The number of nitrogens with zero attached hydrogens (tertiary/aromatic N) is 4. The van der Waals surface area contributed by atoms with Gasteiger partial charge in [0, 0.05) is 42.8 Å². The van der Waals surface area contributed by atoms with Crippen LogP contribution < -0.4 is 4.90 Å². The van der Waals surface area contributed by atoms with Crippen LogP contribution in [0.4, 0.5) is 5.82 Å². The predicted molar refractivity (Wildman–Crippen MR) is 130 cm³/mol. The molecule has 3 aliphatic heterocycles. The summed E-state index contributed by atoms with van der Waals surface area (Å²) >= 11 is 3.59. The topological polar surface area (TPSA) is 77.0 Å². The molecule has 0 saturated carbocycles. The maximum atomic E-state index is 12.6. The van der Waals surface area contributed by atoms with Crippen molar-refractivity contribution in [2.75, 3.05) is 50.9 Å². The lowest BCUT2D eigenvalue weighted by molar-refractivity contribution is -0.180. The van der Waals surface area contributed by atoms with Gasteiger partial charge in [0.2, 0.25) is 0 Å². The minimum atomic E-state index is -0.114. The fourth-order valence-corrected chi connectivity index (χ4v) is 4.67. The number of aromatic nitrogens is 2. The van der Waals surface area contributed by atoms with Crippen LogP contribution in [0, 0.1) is 0 Å². The standard InChI is InChI=1S/C22H27BrN4O4.H2S/c23-17-10-15(22(28)26-5-3-6-26)11-18-21(17)25-19(12-24-18)27-7-9-29-16(13-27)14-31-20-4-1-2-8-30-20;/h10-12,16,20H,1-9,13-14H2;1H2/t16-,20?;/m0./s1. The van der Waals surface area contributed by atoms with Crippen molar-refractivity contribution in [1.82, 2.24) is 14.9 Å². The van der Waals surface area contributed by atoms with E-state index in [0.717, 1.165) is 67.7 Å². The van der Waals surface area contributed by atoms with Crippen LogP contribution in [-0.2, 0) is 14.2 Å². The third-order valence-electron chi connectivity index (χ3n) is 6.05. The van der Waals surface area contributed by atoms with Crippen LogP contribution in [0.15, 0.2) is 22.8 Å². The van der Waals surface area contributed by atoms with Gasteiger partial charge in [0.25, 0.3) is 5.91 Å². The Bertz CT molecular complexity index is 955. The molecule has 1 aromatic carbocycles. The summed E-state index contributed by atoms with van der Waals surface area (Å²) in [6, 6.07) is 3.68. The van der Waals surface area contributed by atoms with E-state index in [4.69, 9.17) is 19.2 Å². The van der Waals surface area contributed by atoms with Gasteiger partial charge in [0.1, 0.15) is 11.3 Å². The van der Waals surface area contributed by atoms with Crippen LogP contribution >= 0.6 is 29.4 Å².